The van der Waals surface area contributed by atoms with Gasteiger partial charge in [0.1, 0.15) is 5.75 Å². The summed E-state index contributed by atoms with van der Waals surface area (Å²) in [4.78, 5) is 10.8. The summed E-state index contributed by atoms with van der Waals surface area (Å²) in [5.74, 6) is -0.103. The van der Waals surface area contributed by atoms with E-state index in [4.69, 9.17) is 9.84 Å². The zero-order valence-corrected chi connectivity index (χ0v) is 8.86. The fourth-order valence-corrected chi connectivity index (χ4v) is 1.22. The van der Waals surface area contributed by atoms with Gasteiger partial charge < -0.3 is 9.84 Å². The second-order valence-corrected chi connectivity index (χ2v) is 3.10. The third kappa shape index (κ3) is 3.13. The molecule has 0 aliphatic rings. The Hall–Kier alpha value is -1.77. The minimum Gasteiger partial charge on any atom is -0.497 e. The molecular weight excluding hydrogens is 192 g/mol. The third-order valence-corrected chi connectivity index (χ3v) is 2.11. The van der Waals surface area contributed by atoms with Gasteiger partial charge in [0.2, 0.25) is 0 Å². The van der Waals surface area contributed by atoms with Crippen LogP contribution >= 0.6 is 0 Å². The number of benzene rings is 1. The summed E-state index contributed by atoms with van der Waals surface area (Å²) in [6, 6.07) is 7.27. The molecule has 1 N–H and O–H groups in total. The molecule has 0 spiro atoms. The van der Waals surface area contributed by atoms with Crippen molar-refractivity contribution < 1.29 is 14.6 Å². The molecule has 0 unspecified atom stereocenters. The molecule has 0 aromatic heterocycles. The average Bonchev–Trinajstić information content (AvgIpc) is 2.26. The molecule has 1 aromatic carbocycles. The van der Waals surface area contributed by atoms with Gasteiger partial charge in [-0.15, -0.1) is 0 Å². The SMILES string of the molecule is CCC(=Cc1ccc(OC)cc1)C(=O)O. The quantitative estimate of drug-likeness (QED) is 0.770. The maximum Gasteiger partial charge on any atom is 0.331 e. The molecule has 0 bridgehead atoms. The number of carboxylic acids is 1. The van der Waals surface area contributed by atoms with Gasteiger partial charge in [-0.2, -0.15) is 0 Å². The van der Waals surface area contributed by atoms with Crippen LogP contribution < -0.4 is 4.74 Å². The summed E-state index contributed by atoms with van der Waals surface area (Å²) < 4.78 is 5.01. The molecular formula is C12H14O3. The Labute approximate surface area is 89.0 Å². The number of aliphatic carboxylic acids is 1. The second kappa shape index (κ2) is 5.20. The number of carbonyl (C=O) groups is 1. The number of methoxy groups -OCH3 is 1. The van der Waals surface area contributed by atoms with Crippen molar-refractivity contribution in [3.05, 3.63) is 35.4 Å². The highest BCUT2D eigenvalue weighted by atomic mass is 16.5. The molecule has 3 heteroatoms. The number of carboxylic acid groups (broad SMARTS) is 1. The lowest BCUT2D eigenvalue weighted by molar-refractivity contribution is -0.132. The Morgan fingerprint density at radius 1 is 1.40 bits per heavy atom. The Bertz CT molecular complexity index is 363. The van der Waals surface area contributed by atoms with Crippen molar-refractivity contribution in [2.75, 3.05) is 7.11 Å². The van der Waals surface area contributed by atoms with E-state index in [1.54, 1.807) is 25.3 Å². The van der Waals surface area contributed by atoms with Crippen molar-refractivity contribution >= 4 is 12.0 Å². The van der Waals surface area contributed by atoms with Crippen molar-refractivity contribution in [2.45, 2.75) is 13.3 Å². The van der Waals surface area contributed by atoms with E-state index in [0.717, 1.165) is 11.3 Å². The maximum atomic E-state index is 10.8. The molecule has 3 nitrogen and oxygen atoms in total. The predicted molar refractivity (Wildman–Crippen MR) is 58.9 cm³/mol. The van der Waals surface area contributed by atoms with Crippen LogP contribution in [0.4, 0.5) is 0 Å². The van der Waals surface area contributed by atoms with Crippen molar-refractivity contribution in [2.24, 2.45) is 0 Å². The molecule has 0 amide bonds. The normalized spacial score (nSPS) is 11.2. The molecule has 0 aliphatic carbocycles. The van der Waals surface area contributed by atoms with Gasteiger partial charge in [0, 0.05) is 5.57 Å². The minimum absolute atomic E-state index is 0.403. The summed E-state index contributed by atoms with van der Waals surface area (Å²) in [6.07, 6.45) is 2.18. The first-order valence-electron chi connectivity index (χ1n) is 4.75. The van der Waals surface area contributed by atoms with Crippen LogP contribution in [0.15, 0.2) is 29.8 Å². The van der Waals surface area contributed by atoms with Crippen LogP contribution in [0, 0.1) is 0 Å². The van der Waals surface area contributed by atoms with Crippen LogP contribution in [0.25, 0.3) is 6.08 Å². The van der Waals surface area contributed by atoms with Crippen LogP contribution in [0.3, 0.4) is 0 Å². The molecule has 1 rings (SSSR count). The lowest BCUT2D eigenvalue weighted by atomic mass is 10.1. The molecule has 0 saturated heterocycles. The lowest BCUT2D eigenvalue weighted by Crippen LogP contribution is -1.98. The molecule has 0 saturated carbocycles. The Balaban J connectivity index is 2.92. The van der Waals surface area contributed by atoms with Crippen molar-refractivity contribution in [3.8, 4) is 5.75 Å². The number of hydrogen-bond acceptors (Lipinski definition) is 2. The van der Waals surface area contributed by atoms with Gasteiger partial charge in [0.15, 0.2) is 0 Å². The largest absolute Gasteiger partial charge is 0.497 e. The molecule has 0 atom stereocenters. The van der Waals surface area contributed by atoms with Crippen molar-refractivity contribution in [3.63, 3.8) is 0 Å². The first-order valence-corrected chi connectivity index (χ1v) is 4.75. The highest BCUT2D eigenvalue weighted by Gasteiger charge is 2.03. The molecule has 0 heterocycles. The van der Waals surface area contributed by atoms with E-state index >= 15 is 0 Å². The van der Waals surface area contributed by atoms with Gasteiger partial charge in [0.05, 0.1) is 7.11 Å². The highest BCUT2D eigenvalue weighted by molar-refractivity contribution is 5.92. The first kappa shape index (κ1) is 11.3. The highest BCUT2D eigenvalue weighted by Crippen LogP contribution is 2.15. The van der Waals surface area contributed by atoms with Gasteiger partial charge in [-0.1, -0.05) is 19.1 Å². The van der Waals surface area contributed by atoms with E-state index in [0.29, 0.717) is 12.0 Å². The number of hydrogen-bond donors (Lipinski definition) is 1. The number of rotatable bonds is 4. The zero-order chi connectivity index (χ0) is 11.3. The fourth-order valence-electron chi connectivity index (χ4n) is 1.22. The molecule has 0 radical (unpaired) electrons. The summed E-state index contributed by atoms with van der Waals surface area (Å²) in [7, 11) is 1.60. The smallest absolute Gasteiger partial charge is 0.331 e. The third-order valence-electron chi connectivity index (χ3n) is 2.11. The summed E-state index contributed by atoms with van der Waals surface area (Å²) in [5, 5.41) is 8.84. The number of ether oxygens (including phenoxy) is 1. The van der Waals surface area contributed by atoms with E-state index < -0.39 is 5.97 Å². The van der Waals surface area contributed by atoms with Crippen LogP contribution in [-0.2, 0) is 4.79 Å². The van der Waals surface area contributed by atoms with E-state index in [9.17, 15) is 4.79 Å². The molecule has 15 heavy (non-hydrogen) atoms. The standard InChI is InChI=1S/C12H14O3/c1-3-10(12(13)14)8-9-4-6-11(15-2)7-5-9/h4-8H,3H2,1-2H3,(H,13,14). The topological polar surface area (TPSA) is 46.5 Å². The van der Waals surface area contributed by atoms with E-state index in [2.05, 4.69) is 0 Å². The molecule has 0 aliphatic heterocycles. The summed E-state index contributed by atoms with van der Waals surface area (Å²) in [6.45, 7) is 1.82. The first-order chi connectivity index (χ1) is 7.17. The van der Waals surface area contributed by atoms with Crippen LogP contribution in [0.2, 0.25) is 0 Å². The van der Waals surface area contributed by atoms with Gasteiger partial charge in [0.25, 0.3) is 0 Å². The Morgan fingerprint density at radius 2 is 2.00 bits per heavy atom. The predicted octanol–water partition coefficient (Wildman–Crippen LogP) is 2.57. The van der Waals surface area contributed by atoms with E-state index in [1.807, 2.05) is 19.1 Å². The van der Waals surface area contributed by atoms with Crippen molar-refractivity contribution in [1.82, 2.24) is 0 Å². The van der Waals surface area contributed by atoms with Gasteiger partial charge >= 0.3 is 5.97 Å². The maximum absolute atomic E-state index is 10.8. The van der Waals surface area contributed by atoms with Crippen molar-refractivity contribution in [1.29, 1.82) is 0 Å². The van der Waals surface area contributed by atoms with Gasteiger partial charge in [-0.05, 0) is 30.2 Å². The van der Waals surface area contributed by atoms with Gasteiger partial charge in [-0.25, -0.2) is 4.79 Å². The molecule has 1 aromatic rings. The monoisotopic (exact) mass is 206 g/mol. The fraction of sp³-hybridized carbons (Fsp3) is 0.250. The molecule has 0 fully saturated rings. The van der Waals surface area contributed by atoms with Crippen LogP contribution in [0.5, 0.6) is 5.75 Å². The Kier molecular flexibility index (Phi) is 3.92. The van der Waals surface area contributed by atoms with Gasteiger partial charge in [-0.3, -0.25) is 0 Å². The van der Waals surface area contributed by atoms with E-state index in [-0.39, 0.29) is 0 Å². The summed E-state index contributed by atoms with van der Waals surface area (Å²) in [5.41, 5.74) is 1.27. The van der Waals surface area contributed by atoms with Crippen LogP contribution in [0.1, 0.15) is 18.9 Å². The minimum atomic E-state index is -0.867. The van der Waals surface area contributed by atoms with E-state index in [1.165, 1.54) is 0 Å². The molecule has 80 valence electrons. The second-order valence-electron chi connectivity index (χ2n) is 3.10. The lowest BCUT2D eigenvalue weighted by Gasteiger charge is -2.01. The Morgan fingerprint density at radius 3 is 2.40 bits per heavy atom. The average molecular weight is 206 g/mol. The summed E-state index contributed by atoms with van der Waals surface area (Å²) >= 11 is 0. The van der Waals surface area contributed by atoms with Crippen LogP contribution in [-0.4, -0.2) is 18.2 Å². The zero-order valence-electron chi connectivity index (χ0n) is 8.86.